The predicted molar refractivity (Wildman–Crippen MR) is 74.4 cm³/mol. The average Bonchev–Trinajstić information content (AvgIpc) is 2.81. The van der Waals surface area contributed by atoms with Crippen molar-refractivity contribution in [3.63, 3.8) is 0 Å². The fourth-order valence-electron chi connectivity index (χ4n) is 2.48. The molecule has 0 aliphatic carbocycles. The SMILES string of the molecule is Cc1nc(NC(C)CN2CCCC2)ccc1[N+](=O)[O-]. The molecule has 1 saturated heterocycles. The third-order valence-electron chi connectivity index (χ3n) is 3.38. The van der Waals surface area contributed by atoms with Crippen LogP contribution >= 0.6 is 0 Å². The van der Waals surface area contributed by atoms with E-state index in [1.54, 1.807) is 13.0 Å². The Morgan fingerprint density at radius 3 is 2.74 bits per heavy atom. The van der Waals surface area contributed by atoms with Crippen molar-refractivity contribution in [1.82, 2.24) is 9.88 Å². The lowest BCUT2D eigenvalue weighted by atomic mass is 10.3. The second-order valence-corrected chi connectivity index (χ2v) is 5.11. The van der Waals surface area contributed by atoms with E-state index in [0.29, 0.717) is 11.5 Å². The summed E-state index contributed by atoms with van der Waals surface area (Å²) in [7, 11) is 0. The molecule has 2 rings (SSSR count). The second-order valence-electron chi connectivity index (χ2n) is 5.11. The molecule has 6 heteroatoms. The largest absolute Gasteiger partial charge is 0.366 e. The summed E-state index contributed by atoms with van der Waals surface area (Å²) in [4.78, 5) is 17.0. The summed E-state index contributed by atoms with van der Waals surface area (Å²) in [6.07, 6.45) is 2.56. The number of likely N-dealkylation sites (tertiary alicyclic amines) is 1. The molecule has 19 heavy (non-hydrogen) atoms. The van der Waals surface area contributed by atoms with Crippen molar-refractivity contribution in [2.75, 3.05) is 25.0 Å². The number of hydrogen-bond donors (Lipinski definition) is 1. The number of aryl methyl sites for hydroxylation is 1. The van der Waals surface area contributed by atoms with E-state index in [4.69, 9.17) is 0 Å². The number of pyridine rings is 1. The quantitative estimate of drug-likeness (QED) is 0.652. The van der Waals surface area contributed by atoms with Crippen LogP contribution in [0.3, 0.4) is 0 Å². The van der Waals surface area contributed by atoms with Gasteiger partial charge in [-0.05, 0) is 45.8 Å². The van der Waals surface area contributed by atoms with Crippen molar-refractivity contribution in [2.24, 2.45) is 0 Å². The monoisotopic (exact) mass is 264 g/mol. The molecule has 1 fully saturated rings. The van der Waals surface area contributed by atoms with E-state index in [1.165, 1.54) is 32.0 Å². The van der Waals surface area contributed by atoms with E-state index in [-0.39, 0.29) is 11.7 Å². The first kappa shape index (κ1) is 13.7. The van der Waals surface area contributed by atoms with Crippen LogP contribution in [-0.4, -0.2) is 40.5 Å². The third-order valence-corrected chi connectivity index (χ3v) is 3.38. The first-order valence-corrected chi connectivity index (χ1v) is 6.67. The van der Waals surface area contributed by atoms with Gasteiger partial charge in [-0.1, -0.05) is 0 Å². The molecule has 6 nitrogen and oxygen atoms in total. The maximum Gasteiger partial charge on any atom is 0.290 e. The molecule has 1 unspecified atom stereocenters. The van der Waals surface area contributed by atoms with Crippen molar-refractivity contribution in [1.29, 1.82) is 0 Å². The highest BCUT2D eigenvalue weighted by atomic mass is 16.6. The molecule has 0 bridgehead atoms. The summed E-state index contributed by atoms with van der Waals surface area (Å²) in [5.41, 5.74) is 0.515. The Balaban J connectivity index is 1.94. The van der Waals surface area contributed by atoms with Gasteiger partial charge in [-0.15, -0.1) is 0 Å². The van der Waals surface area contributed by atoms with Crippen LogP contribution in [0.5, 0.6) is 0 Å². The van der Waals surface area contributed by atoms with Crippen molar-refractivity contribution in [3.05, 3.63) is 27.9 Å². The first-order chi connectivity index (χ1) is 9.06. The lowest BCUT2D eigenvalue weighted by Crippen LogP contribution is -2.33. The van der Waals surface area contributed by atoms with E-state index in [9.17, 15) is 10.1 Å². The summed E-state index contributed by atoms with van der Waals surface area (Å²) in [6.45, 7) is 7.08. The summed E-state index contributed by atoms with van der Waals surface area (Å²) in [5, 5.41) is 14.0. The molecule has 1 N–H and O–H groups in total. The highest BCUT2D eigenvalue weighted by Gasteiger charge is 2.16. The maximum atomic E-state index is 10.7. The van der Waals surface area contributed by atoms with Crippen LogP contribution in [-0.2, 0) is 0 Å². The third kappa shape index (κ3) is 3.64. The minimum Gasteiger partial charge on any atom is -0.366 e. The number of hydrogen-bond acceptors (Lipinski definition) is 5. The van der Waals surface area contributed by atoms with Gasteiger partial charge in [0.15, 0.2) is 0 Å². The van der Waals surface area contributed by atoms with E-state index in [1.807, 2.05) is 0 Å². The smallest absolute Gasteiger partial charge is 0.290 e. The van der Waals surface area contributed by atoms with Crippen LogP contribution in [0.15, 0.2) is 12.1 Å². The van der Waals surface area contributed by atoms with Crippen LogP contribution in [0.4, 0.5) is 11.5 Å². The molecule has 1 aliphatic rings. The lowest BCUT2D eigenvalue weighted by molar-refractivity contribution is -0.385. The van der Waals surface area contributed by atoms with Gasteiger partial charge < -0.3 is 10.2 Å². The topological polar surface area (TPSA) is 71.3 Å². The highest BCUT2D eigenvalue weighted by molar-refractivity contribution is 5.45. The Morgan fingerprint density at radius 1 is 1.47 bits per heavy atom. The number of aromatic nitrogens is 1. The molecule has 0 radical (unpaired) electrons. The molecule has 1 aliphatic heterocycles. The van der Waals surface area contributed by atoms with Crippen molar-refractivity contribution >= 4 is 11.5 Å². The number of nitrogens with zero attached hydrogens (tertiary/aromatic N) is 3. The zero-order valence-electron chi connectivity index (χ0n) is 11.4. The molecule has 0 saturated carbocycles. The van der Waals surface area contributed by atoms with E-state index in [2.05, 4.69) is 22.1 Å². The predicted octanol–water partition coefficient (Wildman–Crippen LogP) is 2.19. The van der Waals surface area contributed by atoms with E-state index < -0.39 is 4.92 Å². The summed E-state index contributed by atoms with van der Waals surface area (Å²) in [5.74, 6) is 0.704. The van der Waals surface area contributed by atoms with Gasteiger partial charge in [-0.3, -0.25) is 10.1 Å². The maximum absolute atomic E-state index is 10.7. The van der Waals surface area contributed by atoms with Gasteiger partial charge in [0.2, 0.25) is 0 Å². The van der Waals surface area contributed by atoms with Gasteiger partial charge in [0.05, 0.1) is 4.92 Å². The Kier molecular flexibility index (Phi) is 4.31. The summed E-state index contributed by atoms with van der Waals surface area (Å²) < 4.78 is 0. The first-order valence-electron chi connectivity index (χ1n) is 6.67. The average molecular weight is 264 g/mol. The number of nitrogens with one attached hydrogen (secondary N) is 1. The molecule has 0 spiro atoms. The lowest BCUT2D eigenvalue weighted by Gasteiger charge is -2.21. The highest BCUT2D eigenvalue weighted by Crippen LogP contribution is 2.18. The van der Waals surface area contributed by atoms with Gasteiger partial charge in [-0.25, -0.2) is 4.98 Å². The van der Waals surface area contributed by atoms with Crippen LogP contribution in [0, 0.1) is 17.0 Å². The number of rotatable bonds is 5. The van der Waals surface area contributed by atoms with E-state index >= 15 is 0 Å². The van der Waals surface area contributed by atoms with Gasteiger partial charge in [0.1, 0.15) is 11.5 Å². The normalized spacial score (nSPS) is 17.4. The fraction of sp³-hybridized carbons (Fsp3) is 0.615. The van der Waals surface area contributed by atoms with Crippen molar-refractivity contribution < 1.29 is 4.92 Å². The van der Waals surface area contributed by atoms with Crippen molar-refractivity contribution in [3.8, 4) is 0 Å². The van der Waals surface area contributed by atoms with Crippen LogP contribution in [0.1, 0.15) is 25.5 Å². The summed E-state index contributed by atoms with van der Waals surface area (Å²) in [6, 6.07) is 3.46. The van der Waals surface area contributed by atoms with E-state index in [0.717, 1.165) is 6.54 Å². The molecule has 0 amide bonds. The van der Waals surface area contributed by atoms with Gasteiger partial charge in [0, 0.05) is 18.7 Å². The number of anilines is 1. The Hall–Kier alpha value is -1.69. The Labute approximate surface area is 113 Å². The second kappa shape index (κ2) is 5.97. The molecule has 1 atom stereocenters. The van der Waals surface area contributed by atoms with Crippen LogP contribution < -0.4 is 5.32 Å². The molecular formula is C13H20N4O2. The molecule has 104 valence electrons. The van der Waals surface area contributed by atoms with Crippen LogP contribution in [0.25, 0.3) is 0 Å². The van der Waals surface area contributed by atoms with Gasteiger partial charge >= 0.3 is 0 Å². The van der Waals surface area contributed by atoms with Crippen molar-refractivity contribution in [2.45, 2.75) is 32.7 Å². The molecule has 1 aromatic rings. The minimum absolute atomic E-state index is 0.0674. The Bertz CT molecular complexity index is 458. The van der Waals surface area contributed by atoms with Crippen LogP contribution in [0.2, 0.25) is 0 Å². The Morgan fingerprint density at radius 2 is 2.16 bits per heavy atom. The molecule has 0 aromatic carbocycles. The zero-order chi connectivity index (χ0) is 13.8. The molecule has 2 heterocycles. The summed E-state index contributed by atoms with van der Waals surface area (Å²) >= 11 is 0. The standard InChI is InChI=1S/C13H20N4O2/c1-10(9-16-7-3-4-8-16)14-13-6-5-12(17(18)19)11(2)15-13/h5-6,10H,3-4,7-9H2,1-2H3,(H,14,15). The van der Waals surface area contributed by atoms with Gasteiger partial charge in [0.25, 0.3) is 5.69 Å². The molecular weight excluding hydrogens is 244 g/mol. The zero-order valence-corrected chi connectivity index (χ0v) is 11.4. The minimum atomic E-state index is -0.403. The molecule has 1 aromatic heterocycles. The fourth-order valence-corrected chi connectivity index (χ4v) is 2.48. The number of nitro groups is 1. The van der Waals surface area contributed by atoms with Gasteiger partial charge in [-0.2, -0.15) is 0 Å².